The molecule has 0 atom stereocenters. The first-order valence-corrected chi connectivity index (χ1v) is 7.58. The maximum absolute atomic E-state index is 12.7. The molecule has 138 valence electrons. The normalized spacial score (nSPS) is 14.5. The average molecular weight is 401 g/mol. The van der Waals surface area contributed by atoms with Gasteiger partial charge in [0.05, 0.1) is 30.0 Å². The minimum absolute atomic E-state index is 0. The summed E-state index contributed by atoms with van der Waals surface area (Å²) in [5, 5.41) is 0.364. The summed E-state index contributed by atoms with van der Waals surface area (Å²) in [7, 11) is 3.21. The first kappa shape index (κ1) is 23.1. The van der Waals surface area contributed by atoms with Gasteiger partial charge < -0.3 is 20.1 Å². The molecule has 1 aliphatic rings. The summed E-state index contributed by atoms with van der Waals surface area (Å²) >= 11 is 6.03. The van der Waals surface area contributed by atoms with Crippen molar-refractivity contribution in [1.82, 2.24) is 9.80 Å². The molecule has 1 amide bonds. The van der Waals surface area contributed by atoms with Crippen LogP contribution in [0.2, 0.25) is 5.02 Å². The molecule has 1 heterocycles. The van der Waals surface area contributed by atoms with Gasteiger partial charge in [-0.2, -0.15) is 0 Å². The molecule has 9 heteroatoms. The Kier molecular flexibility index (Phi) is 10.4. The predicted octanol–water partition coefficient (Wildman–Crippen LogP) is 2.18. The first-order chi connectivity index (χ1) is 10.6. The summed E-state index contributed by atoms with van der Waals surface area (Å²) in [4.78, 5) is 16.8. The Balaban J connectivity index is 0.00000264. The third kappa shape index (κ3) is 5.57. The summed E-state index contributed by atoms with van der Waals surface area (Å²) in [5.74, 6) is 0.374. The van der Waals surface area contributed by atoms with Crippen molar-refractivity contribution >= 4 is 48.0 Å². The van der Waals surface area contributed by atoms with Gasteiger partial charge in [-0.25, -0.2) is 0 Å². The Morgan fingerprint density at radius 1 is 1.21 bits per heavy atom. The standard InChI is InChI=1S/C15H22ClN3O3.2ClH/c1-21-8-7-18-3-5-19(6-4-18)15(20)11-9-12(16)13(17)10-14(11)22-2;;/h9-10H,3-8,17H2,1-2H3;2*1H. The number of rotatable bonds is 5. The lowest BCUT2D eigenvalue weighted by molar-refractivity contribution is 0.0591. The van der Waals surface area contributed by atoms with Crippen LogP contribution in [-0.4, -0.2) is 69.3 Å². The van der Waals surface area contributed by atoms with Crippen molar-refractivity contribution in [2.24, 2.45) is 0 Å². The fourth-order valence-corrected chi connectivity index (χ4v) is 2.63. The molecule has 0 unspecified atom stereocenters. The van der Waals surface area contributed by atoms with Crippen molar-refractivity contribution in [2.45, 2.75) is 0 Å². The second kappa shape index (κ2) is 10.8. The van der Waals surface area contributed by atoms with Gasteiger partial charge in [-0.3, -0.25) is 9.69 Å². The number of anilines is 1. The molecule has 1 aromatic carbocycles. The monoisotopic (exact) mass is 399 g/mol. The van der Waals surface area contributed by atoms with E-state index in [-0.39, 0.29) is 30.7 Å². The van der Waals surface area contributed by atoms with Gasteiger partial charge in [0.2, 0.25) is 0 Å². The highest BCUT2D eigenvalue weighted by atomic mass is 35.5. The molecule has 2 rings (SSSR count). The summed E-state index contributed by atoms with van der Waals surface area (Å²) < 4.78 is 10.3. The molecule has 0 saturated carbocycles. The van der Waals surface area contributed by atoms with Crippen molar-refractivity contribution < 1.29 is 14.3 Å². The molecule has 24 heavy (non-hydrogen) atoms. The fourth-order valence-electron chi connectivity index (χ4n) is 2.47. The largest absolute Gasteiger partial charge is 0.496 e. The molecule has 6 nitrogen and oxygen atoms in total. The zero-order valence-electron chi connectivity index (χ0n) is 13.8. The zero-order valence-corrected chi connectivity index (χ0v) is 16.2. The van der Waals surface area contributed by atoms with Crippen LogP contribution in [0.5, 0.6) is 5.75 Å². The third-order valence-corrected chi connectivity index (χ3v) is 4.15. The second-order valence-electron chi connectivity index (χ2n) is 5.20. The van der Waals surface area contributed by atoms with E-state index in [2.05, 4.69) is 4.90 Å². The van der Waals surface area contributed by atoms with Crippen LogP contribution in [-0.2, 0) is 4.74 Å². The van der Waals surface area contributed by atoms with Crippen LogP contribution >= 0.6 is 36.4 Å². The number of hydrogen-bond acceptors (Lipinski definition) is 5. The molecule has 1 saturated heterocycles. The number of carbonyl (C=O) groups excluding carboxylic acids is 1. The topological polar surface area (TPSA) is 68.0 Å². The van der Waals surface area contributed by atoms with Gasteiger partial charge in [0.1, 0.15) is 5.75 Å². The van der Waals surface area contributed by atoms with E-state index in [0.717, 1.165) is 19.6 Å². The van der Waals surface area contributed by atoms with Gasteiger partial charge in [-0.1, -0.05) is 11.6 Å². The highest BCUT2D eigenvalue weighted by Crippen LogP contribution is 2.29. The van der Waals surface area contributed by atoms with E-state index in [1.807, 2.05) is 4.90 Å². The number of carbonyl (C=O) groups is 1. The molecule has 0 aliphatic carbocycles. The van der Waals surface area contributed by atoms with Crippen LogP contribution in [0.4, 0.5) is 5.69 Å². The molecule has 0 radical (unpaired) electrons. The highest BCUT2D eigenvalue weighted by Gasteiger charge is 2.24. The maximum Gasteiger partial charge on any atom is 0.257 e. The molecule has 1 fully saturated rings. The van der Waals surface area contributed by atoms with Gasteiger partial charge in [0.25, 0.3) is 5.91 Å². The van der Waals surface area contributed by atoms with E-state index in [1.54, 1.807) is 19.2 Å². The molecule has 0 spiro atoms. The number of nitrogens with two attached hydrogens (primary N) is 1. The fraction of sp³-hybridized carbons (Fsp3) is 0.533. The smallest absolute Gasteiger partial charge is 0.257 e. The van der Waals surface area contributed by atoms with E-state index >= 15 is 0 Å². The Morgan fingerprint density at radius 3 is 2.38 bits per heavy atom. The number of amides is 1. The summed E-state index contributed by atoms with van der Waals surface area (Å²) in [6.07, 6.45) is 0. The third-order valence-electron chi connectivity index (χ3n) is 3.82. The van der Waals surface area contributed by atoms with Gasteiger partial charge >= 0.3 is 0 Å². The lowest BCUT2D eigenvalue weighted by Crippen LogP contribution is -2.49. The Labute approximate surface area is 160 Å². The van der Waals surface area contributed by atoms with Gasteiger partial charge in [0.15, 0.2) is 0 Å². The summed E-state index contributed by atoms with van der Waals surface area (Å²) in [6.45, 7) is 4.60. The molecular formula is C15H24Cl3N3O3. The lowest BCUT2D eigenvalue weighted by atomic mass is 10.1. The number of nitrogen functional groups attached to an aromatic ring is 1. The molecule has 1 aliphatic heterocycles. The number of ether oxygens (including phenoxy) is 2. The Bertz CT molecular complexity index is 538. The zero-order chi connectivity index (χ0) is 16.1. The van der Waals surface area contributed by atoms with Crippen molar-refractivity contribution in [3.05, 3.63) is 22.7 Å². The van der Waals surface area contributed by atoms with Crippen LogP contribution in [0.3, 0.4) is 0 Å². The highest BCUT2D eigenvalue weighted by molar-refractivity contribution is 6.33. The summed E-state index contributed by atoms with van der Waals surface area (Å²) in [5.41, 5.74) is 6.61. The van der Waals surface area contributed by atoms with Gasteiger partial charge in [-0.15, -0.1) is 24.8 Å². The number of benzene rings is 1. The van der Waals surface area contributed by atoms with Gasteiger partial charge in [0, 0.05) is 45.9 Å². The van der Waals surface area contributed by atoms with Crippen molar-refractivity contribution in [3.63, 3.8) is 0 Å². The van der Waals surface area contributed by atoms with E-state index < -0.39 is 0 Å². The molecule has 1 aromatic rings. The van der Waals surface area contributed by atoms with Crippen molar-refractivity contribution in [3.8, 4) is 5.75 Å². The van der Waals surface area contributed by atoms with E-state index in [1.165, 1.54) is 7.11 Å². The number of piperazine rings is 1. The van der Waals surface area contributed by atoms with Crippen LogP contribution in [0.15, 0.2) is 12.1 Å². The van der Waals surface area contributed by atoms with Crippen LogP contribution in [0.25, 0.3) is 0 Å². The number of nitrogens with zero attached hydrogens (tertiary/aromatic N) is 2. The second-order valence-corrected chi connectivity index (χ2v) is 5.61. The van der Waals surface area contributed by atoms with Crippen molar-refractivity contribution in [1.29, 1.82) is 0 Å². The number of halogens is 3. The molecular weight excluding hydrogens is 377 g/mol. The number of methoxy groups -OCH3 is 2. The van der Waals surface area contributed by atoms with Crippen LogP contribution in [0, 0.1) is 0 Å². The van der Waals surface area contributed by atoms with Crippen LogP contribution < -0.4 is 10.5 Å². The minimum atomic E-state index is -0.0786. The Morgan fingerprint density at radius 2 is 1.83 bits per heavy atom. The molecule has 0 aromatic heterocycles. The number of hydrogen-bond donors (Lipinski definition) is 1. The lowest BCUT2D eigenvalue weighted by Gasteiger charge is -2.34. The van der Waals surface area contributed by atoms with E-state index in [9.17, 15) is 4.79 Å². The van der Waals surface area contributed by atoms with Crippen molar-refractivity contribution in [2.75, 3.05) is 59.3 Å². The first-order valence-electron chi connectivity index (χ1n) is 7.20. The quantitative estimate of drug-likeness (QED) is 0.767. The van der Waals surface area contributed by atoms with Gasteiger partial charge in [-0.05, 0) is 6.07 Å². The van der Waals surface area contributed by atoms with Crippen LogP contribution in [0.1, 0.15) is 10.4 Å². The van der Waals surface area contributed by atoms with E-state index in [0.29, 0.717) is 41.7 Å². The molecule has 0 bridgehead atoms. The predicted molar refractivity (Wildman–Crippen MR) is 101 cm³/mol. The van der Waals surface area contributed by atoms with E-state index in [4.69, 9.17) is 26.8 Å². The average Bonchev–Trinajstić information content (AvgIpc) is 2.54. The minimum Gasteiger partial charge on any atom is -0.496 e. The molecule has 2 N–H and O–H groups in total. The Hall–Kier alpha value is -0.920. The summed E-state index contributed by atoms with van der Waals surface area (Å²) in [6, 6.07) is 3.17. The SMILES string of the molecule is COCCN1CCN(C(=O)c2cc(Cl)c(N)cc2OC)CC1.Cl.Cl. The maximum atomic E-state index is 12.7.